The van der Waals surface area contributed by atoms with Crippen LogP contribution in [0.15, 0.2) is 36.4 Å². The first-order valence-corrected chi connectivity index (χ1v) is 11.4. The lowest BCUT2D eigenvalue weighted by molar-refractivity contribution is -0.153. The van der Waals surface area contributed by atoms with E-state index in [1.54, 1.807) is 18.2 Å². The van der Waals surface area contributed by atoms with E-state index in [0.29, 0.717) is 25.1 Å². The molecule has 2 aromatic rings. The maximum absolute atomic E-state index is 12.4. The van der Waals surface area contributed by atoms with Crippen LogP contribution in [0.1, 0.15) is 29.5 Å². The summed E-state index contributed by atoms with van der Waals surface area (Å²) in [5.41, 5.74) is 4.03. The number of nitrogens with zero attached hydrogens (tertiary/aromatic N) is 2. The number of aliphatic hydroxyl groups excluding tert-OH is 1. The maximum Gasteiger partial charge on any atom is 0.422 e. The Labute approximate surface area is 197 Å². The molecule has 0 aliphatic carbocycles. The third-order valence-corrected chi connectivity index (χ3v) is 5.52. The number of rotatable bonds is 13. The van der Waals surface area contributed by atoms with Gasteiger partial charge < -0.3 is 24.8 Å². The monoisotopic (exact) mass is 477 g/mol. The topological polar surface area (TPSA) is 77.8 Å². The molecule has 0 saturated heterocycles. The normalized spacial score (nSPS) is 13.0. The van der Waals surface area contributed by atoms with Gasteiger partial charge in [0.25, 0.3) is 0 Å². The smallest absolute Gasteiger partial charge is 0.422 e. The largest absolute Gasteiger partial charge is 0.488 e. The average Bonchev–Trinajstić information content (AvgIpc) is 3.23. The van der Waals surface area contributed by atoms with Gasteiger partial charge in [0, 0.05) is 26.2 Å². The van der Waals surface area contributed by atoms with E-state index in [4.69, 9.17) is 14.6 Å². The number of benzene rings is 2. The van der Waals surface area contributed by atoms with E-state index in [1.807, 2.05) is 6.07 Å². The summed E-state index contributed by atoms with van der Waals surface area (Å²) in [6.07, 6.45) is -1.09. The van der Waals surface area contributed by atoms with Crippen LogP contribution in [-0.4, -0.2) is 57.3 Å². The first-order valence-electron chi connectivity index (χ1n) is 11.4. The molecule has 0 fully saturated rings. The Hall–Kier alpha value is -2.96. The number of hydrogen-bond donors (Lipinski definition) is 2. The van der Waals surface area contributed by atoms with Gasteiger partial charge in [-0.15, -0.1) is 0 Å². The molecule has 0 spiro atoms. The highest BCUT2D eigenvalue weighted by molar-refractivity contribution is 5.68. The van der Waals surface area contributed by atoms with Crippen molar-refractivity contribution >= 4 is 5.69 Å². The van der Waals surface area contributed by atoms with Gasteiger partial charge in [-0.05, 0) is 61.6 Å². The second-order valence-electron chi connectivity index (χ2n) is 8.13. The Bertz CT molecular complexity index is 976. The minimum Gasteiger partial charge on any atom is -0.488 e. The van der Waals surface area contributed by atoms with Crippen LogP contribution in [0.5, 0.6) is 11.5 Å². The van der Waals surface area contributed by atoms with Crippen LogP contribution in [0.25, 0.3) is 0 Å². The van der Waals surface area contributed by atoms with Crippen molar-refractivity contribution in [2.24, 2.45) is 0 Å². The molecule has 1 aliphatic heterocycles. The van der Waals surface area contributed by atoms with E-state index in [2.05, 4.69) is 22.4 Å². The predicted octanol–water partition coefficient (Wildman–Crippen LogP) is 3.85. The molecule has 3 rings (SSSR count). The summed E-state index contributed by atoms with van der Waals surface area (Å²) in [5, 5.41) is 22.0. The lowest BCUT2D eigenvalue weighted by Crippen LogP contribution is -2.23. The molecule has 34 heavy (non-hydrogen) atoms. The third kappa shape index (κ3) is 7.54. The van der Waals surface area contributed by atoms with Crippen LogP contribution in [0, 0.1) is 11.3 Å². The molecule has 9 heteroatoms. The van der Waals surface area contributed by atoms with Crippen LogP contribution >= 0.6 is 0 Å². The standard InChI is InChI=1S/C25H30F3N3O3/c26-25(27,28)18-34-23-7-2-1-6-22(23)33-14-10-30-9-3-5-19-15-20-8-12-31(11-4-13-32)24(20)21(16-19)17-29/h1-2,6-7,15-16,30,32H,3-5,8-14,18H2. The number of para-hydroxylation sites is 2. The Kier molecular flexibility index (Phi) is 9.42. The molecular formula is C25H30F3N3O3. The number of aliphatic hydroxyl groups is 1. The number of hydrogen-bond acceptors (Lipinski definition) is 6. The molecule has 0 saturated carbocycles. The van der Waals surface area contributed by atoms with Gasteiger partial charge in [0.1, 0.15) is 12.7 Å². The molecule has 0 unspecified atom stereocenters. The number of ether oxygens (including phenoxy) is 2. The fourth-order valence-electron chi connectivity index (χ4n) is 4.03. The van der Waals surface area contributed by atoms with Crippen molar-refractivity contribution in [1.29, 1.82) is 5.26 Å². The second-order valence-corrected chi connectivity index (χ2v) is 8.13. The number of nitriles is 1. The number of aryl methyl sites for hydroxylation is 1. The van der Waals surface area contributed by atoms with Gasteiger partial charge in [0.2, 0.25) is 0 Å². The van der Waals surface area contributed by atoms with E-state index < -0.39 is 12.8 Å². The van der Waals surface area contributed by atoms with Crippen LogP contribution in [0.3, 0.4) is 0 Å². The van der Waals surface area contributed by atoms with E-state index in [9.17, 15) is 18.4 Å². The second kappa shape index (κ2) is 12.5. The van der Waals surface area contributed by atoms with Gasteiger partial charge in [-0.2, -0.15) is 18.4 Å². The molecule has 2 aromatic carbocycles. The van der Waals surface area contributed by atoms with Crippen molar-refractivity contribution in [1.82, 2.24) is 5.32 Å². The van der Waals surface area contributed by atoms with E-state index in [0.717, 1.165) is 50.1 Å². The number of anilines is 1. The lowest BCUT2D eigenvalue weighted by Gasteiger charge is -2.20. The third-order valence-electron chi connectivity index (χ3n) is 5.52. The molecule has 0 bridgehead atoms. The van der Waals surface area contributed by atoms with Crippen LogP contribution in [0.4, 0.5) is 18.9 Å². The van der Waals surface area contributed by atoms with Crippen LogP contribution in [0.2, 0.25) is 0 Å². The summed E-state index contributed by atoms with van der Waals surface area (Å²) in [6.45, 7) is 2.00. The summed E-state index contributed by atoms with van der Waals surface area (Å²) in [7, 11) is 0. The van der Waals surface area contributed by atoms with E-state index >= 15 is 0 Å². The number of fused-ring (bicyclic) bond motifs is 1. The van der Waals surface area contributed by atoms with Crippen molar-refractivity contribution < 1.29 is 27.8 Å². The van der Waals surface area contributed by atoms with Gasteiger partial charge in [0.15, 0.2) is 18.1 Å². The molecule has 0 aromatic heterocycles. The molecular weight excluding hydrogens is 447 g/mol. The summed E-state index contributed by atoms with van der Waals surface area (Å²) in [6, 6.07) is 12.8. The molecule has 0 atom stereocenters. The summed E-state index contributed by atoms with van der Waals surface area (Å²) >= 11 is 0. The number of alkyl halides is 3. The van der Waals surface area contributed by atoms with Crippen molar-refractivity contribution in [3.05, 3.63) is 53.1 Å². The summed E-state index contributed by atoms with van der Waals surface area (Å²) in [4.78, 5) is 2.18. The number of nitrogens with one attached hydrogen (secondary N) is 1. The van der Waals surface area contributed by atoms with Crippen molar-refractivity contribution in [3.63, 3.8) is 0 Å². The SMILES string of the molecule is N#Cc1cc(CCCNCCOc2ccccc2OCC(F)(F)F)cc2c1N(CCCO)CC2. The fourth-order valence-corrected chi connectivity index (χ4v) is 4.03. The molecule has 1 heterocycles. The zero-order valence-electron chi connectivity index (χ0n) is 19.0. The van der Waals surface area contributed by atoms with Crippen molar-refractivity contribution in [2.75, 3.05) is 50.9 Å². The molecule has 184 valence electrons. The Morgan fingerprint density at radius 2 is 1.85 bits per heavy atom. The number of halogens is 3. The van der Waals surface area contributed by atoms with Crippen molar-refractivity contribution in [3.8, 4) is 17.6 Å². The van der Waals surface area contributed by atoms with E-state index in [1.165, 1.54) is 11.6 Å². The highest BCUT2D eigenvalue weighted by atomic mass is 19.4. The molecule has 0 radical (unpaired) electrons. The first-order chi connectivity index (χ1) is 16.4. The van der Waals surface area contributed by atoms with Crippen LogP contribution < -0.4 is 19.7 Å². The van der Waals surface area contributed by atoms with Gasteiger partial charge in [-0.3, -0.25) is 0 Å². The minimum atomic E-state index is -4.40. The first kappa shape index (κ1) is 25.7. The van der Waals surface area contributed by atoms with E-state index in [-0.39, 0.29) is 18.1 Å². The zero-order chi connectivity index (χ0) is 24.4. The molecule has 6 nitrogen and oxygen atoms in total. The van der Waals surface area contributed by atoms with Gasteiger partial charge in [0.05, 0.1) is 11.3 Å². The Morgan fingerprint density at radius 3 is 2.56 bits per heavy atom. The molecule has 2 N–H and O–H groups in total. The maximum atomic E-state index is 12.4. The fraction of sp³-hybridized carbons (Fsp3) is 0.480. The Balaban J connectivity index is 1.40. The highest BCUT2D eigenvalue weighted by Crippen LogP contribution is 2.33. The summed E-state index contributed by atoms with van der Waals surface area (Å²) in [5.74, 6) is 0.350. The van der Waals surface area contributed by atoms with Gasteiger partial charge in [-0.25, -0.2) is 0 Å². The van der Waals surface area contributed by atoms with Crippen LogP contribution in [-0.2, 0) is 12.8 Å². The van der Waals surface area contributed by atoms with Gasteiger partial charge >= 0.3 is 6.18 Å². The molecule has 1 aliphatic rings. The van der Waals surface area contributed by atoms with Gasteiger partial charge in [-0.1, -0.05) is 18.2 Å². The Morgan fingerprint density at radius 1 is 1.09 bits per heavy atom. The summed E-state index contributed by atoms with van der Waals surface area (Å²) < 4.78 is 47.6. The molecule has 0 amide bonds. The zero-order valence-corrected chi connectivity index (χ0v) is 19.0. The van der Waals surface area contributed by atoms with Crippen molar-refractivity contribution in [2.45, 2.75) is 31.9 Å². The lowest BCUT2D eigenvalue weighted by atomic mass is 10.00. The minimum absolute atomic E-state index is 0.0691. The predicted molar refractivity (Wildman–Crippen MR) is 123 cm³/mol. The highest BCUT2D eigenvalue weighted by Gasteiger charge is 2.29. The average molecular weight is 478 g/mol. The quantitative estimate of drug-likeness (QED) is 0.427.